The molecular weight excluding hydrogens is 220 g/mol. The van der Waals surface area contributed by atoms with E-state index in [0.717, 1.165) is 19.4 Å². The second kappa shape index (κ2) is 9.84. The highest BCUT2D eigenvalue weighted by atomic mass is 14.9. The average molecular weight is 246 g/mol. The van der Waals surface area contributed by atoms with Gasteiger partial charge in [0, 0.05) is 18.4 Å². The van der Waals surface area contributed by atoms with Crippen molar-refractivity contribution in [2.75, 3.05) is 6.54 Å². The molecule has 0 aromatic carbocycles. The van der Waals surface area contributed by atoms with E-state index in [2.05, 4.69) is 35.9 Å². The summed E-state index contributed by atoms with van der Waals surface area (Å²) in [6.07, 6.45) is 12.9. The minimum Gasteiger partial charge on any atom is -0.314 e. The zero-order chi connectivity index (χ0) is 13.1. The van der Waals surface area contributed by atoms with Crippen molar-refractivity contribution >= 4 is 0 Å². The molecule has 0 amide bonds. The van der Waals surface area contributed by atoms with Gasteiger partial charge in [-0.2, -0.15) is 0 Å². The maximum Gasteiger partial charge on any atom is 0.0270 e. The zero-order valence-corrected chi connectivity index (χ0v) is 11.6. The van der Waals surface area contributed by atoms with Crippen molar-refractivity contribution < 1.29 is 0 Å². The van der Waals surface area contributed by atoms with Crippen molar-refractivity contribution in [2.24, 2.45) is 0 Å². The van der Waals surface area contributed by atoms with Crippen LogP contribution in [0.1, 0.15) is 44.6 Å². The Kier molecular flexibility index (Phi) is 8.15. The molecule has 0 bridgehead atoms. The predicted octanol–water partition coefficient (Wildman–Crippen LogP) is 3.74. The minimum absolute atomic E-state index is 0.637. The Morgan fingerprint density at radius 3 is 2.78 bits per heavy atom. The van der Waals surface area contributed by atoms with Crippen LogP contribution in [0.2, 0.25) is 0 Å². The van der Waals surface area contributed by atoms with Gasteiger partial charge in [0.05, 0.1) is 0 Å². The lowest BCUT2D eigenvalue weighted by Gasteiger charge is -2.18. The number of allylic oxidation sites excluding steroid dienone is 1. The van der Waals surface area contributed by atoms with E-state index in [9.17, 15) is 0 Å². The number of rotatable bonds is 10. The predicted molar refractivity (Wildman–Crippen MR) is 78.7 cm³/mol. The molecule has 1 atom stereocenters. The average Bonchev–Trinajstić information content (AvgIpc) is 2.42. The van der Waals surface area contributed by atoms with Gasteiger partial charge in [-0.25, -0.2) is 0 Å². The first-order valence-corrected chi connectivity index (χ1v) is 7.10. The number of pyridine rings is 1. The Hall–Kier alpha value is -1.15. The summed E-state index contributed by atoms with van der Waals surface area (Å²) in [5.41, 5.74) is 1.39. The number of aryl methyl sites for hydroxylation is 1. The monoisotopic (exact) mass is 246 g/mol. The smallest absolute Gasteiger partial charge is 0.0270 e. The summed E-state index contributed by atoms with van der Waals surface area (Å²) in [6, 6.07) is 4.86. The van der Waals surface area contributed by atoms with Crippen LogP contribution in [0.3, 0.4) is 0 Å². The molecule has 0 spiro atoms. The topological polar surface area (TPSA) is 24.9 Å². The van der Waals surface area contributed by atoms with E-state index in [1.807, 2.05) is 18.5 Å². The SMILES string of the molecule is C=CCCCC(CCc1ccncc1)NCCC. The fraction of sp³-hybridized carbons (Fsp3) is 0.562. The summed E-state index contributed by atoms with van der Waals surface area (Å²) in [6.45, 7) is 7.12. The van der Waals surface area contributed by atoms with Crippen LogP contribution in [-0.4, -0.2) is 17.6 Å². The Morgan fingerprint density at radius 1 is 1.33 bits per heavy atom. The van der Waals surface area contributed by atoms with Gasteiger partial charge in [0.25, 0.3) is 0 Å². The highest BCUT2D eigenvalue weighted by molar-refractivity contribution is 5.09. The highest BCUT2D eigenvalue weighted by Crippen LogP contribution is 2.10. The number of nitrogens with one attached hydrogen (secondary N) is 1. The summed E-state index contributed by atoms with van der Waals surface area (Å²) in [4.78, 5) is 4.06. The molecule has 1 aromatic rings. The lowest BCUT2D eigenvalue weighted by molar-refractivity contribution is 0.443. The Morgan fingerprint density at radius 2 is 2.11 bits per heavy atom. The summed E-state index contributed by atoms with van der Waals surface area (Å²) >= 11 is 0. The molecule has 0 fully saturated rings. The van der Waals surface area contributed by atoms with Crippen LogP contribution in [0.5, 0.6) is 0 Å². The van der Waals surface area contributed by atoms with Crippen LogP contribution < -0.4 is 5.32 Å². The molecule has 0 aliphatic rings. The number of unbranched alkanes of at least 4 members (excludes halogenated alkanes) is 1. The van der Waals surface area contributed by atoms with E-state index in [4.69, 9.17) is 0 Å². The molecule has 1 heterocycles. The van der Waals surface area contributed by atoms with E-state index >= 15 is 0 Å². The normalized spacial score (nSPS) is 12.3. The van der Waals surface area contributed by atoms with Gasteiger partial charge in [0.1, 0.15) is 0 Å². The molecule has 2 nitrogen and oxygen atoms in total. The molecule has 1 unspecified atom stereocenters. The fourth-order valence-electron chi connectivity index (χ4n) is 2.10. The lowest BCUT2D eigenvalue weighted by atomic mass is 10.0. The second-order valence-electron chi connectivity index (χ2n) is 4.76. The first-order chi connectivity index (χ1) is 8.86. The molecule has 0 saturated heterocycles. The van der Waals surface area contributed by atoms with Crippen molar-refractivity contribution in [3.63, 3.8) is 0 Å². The molecule has 0 saturated carbocycles. The maximum absolute atomic E-state index is 4.06. The molecule has 18 heavy (non-hydrogen) atoms. The number of nitrogens with zero attached hydrogens (tertiary/aromatic N) is 1. The largest absolute Gasteiger partial charge is 0.314 e. The quantitative estimate of drug-likeness (QED) is 0.502. The van der Waals surface area contributed by atoms with Gasteiger partial charge in [-0.15, -0.1) is 6.58 Å². The van der Waals surface area contributed by atoms with Crippen LogP contribution in [-0.2, 0) is 6.42 Å². The summed E-state index contributed by atoms with van der Waals surface area (Å²) < 4.78 is 0. The van der Waals surface area contributed by atoms with Crippen molar-refractivity contribution in [1.82, 2.24) is 10.3 Å². The van der Waals surface area contributed by atoms with Crippen LogP contribution in [0.4, 0.5) is 0 Å². The van der Waals surface area contributed by atoms with Gasteiger partial charge in [0.2, 0.25) is 0 Å². The van der Waals surface area contributed by atoms with Crippen LogP contribution in [0.25, 0.3) is 0 Å². The van der Waals surface area contributed by atoms with Gasteiger partial charge in [0.15, 0.2) is 0 Å². The van der Waals surface area contributed by atoms with E-state index in [1.165, 1.54) is 31.2 Å². The molecule has 0 aliphatic carbocycles. The van der Waals surface area contributed by atoms with Gasteiger partial charge < -0.3 is 5.32 Å². The number of hydrogen-bond acceptors (Lipinski definition) is 2. The zero-order valence-electron chi connectivity index (χ0n) is 11.6. The fourth-order valence-corrected chi connectivity index (χ4v) is 2.10. The van der Waals surface area contributed by atoms with Gasteiger partial charge in [-0.05, 0) is 62.8 Å². The molecule has 2 heteroatoms. The third kappa shape index (κ3) is 6.55. The summed E-state index contributed by atoms with van der Waals surface area (Å²) in [5.74, 6) is 0. The van der Waals surface area contributed by atoms with Gasteiger partial charge in [-0.3, -0.25) is 4.98 Å². The minimum atomic E-state index is 0.637. The lowest BCUT2D eigenvalue weighted by Crippen LogP contribution is -2.30. The Labute approximate surface area is 112 Å². The highest BCUT2D eigenvalue weighted by Gasteiger charge is 2.07. The van der Waals surface area contributed by atoms with Crippen LogP contribution in [0.15, 0.2) is 37.2 Å². The van der Waals surface area contributed by atoms with E-state index in [-0.39, 0.29) is 0 Å². The van der Waals surface area contributed by atoms with Crippen molar-refractivity contribution in [2.45, 2.75) is 51.5 Å². The van der Waals surface area contributed by atoms with Crippen molar-refractivity contribution in [3.05, 3.63) is 42.7 Å². The molecule has 0 radical (unpaired) electrons. The summed E-state index contributed by atoms with van der Waals surface area (Å²) in [7, 11) is 0. The number of hydrogen-bond donors (Lipinski definition) is 1. The molecular formula is C16H26N2. The van der Waals surface area contributed by atoms with Gasteiger partial charge in [-0.1, -0.05) is 13.0 Å². The maximum atomic E-state index is 4.06. The Bertz CT molecular complexity index is 308. The Balaban J connectivity index is 2.32. The first-order valence-electron chi connectivity index (χ1n) is 7.10. The molecule has 1 aromatic heterocycles. The standard InChI is InChI=1S/C16H26N2/c1-3-5-6-7-16(18-12-4-2)9-8-15-10-13-17-14-11-15/h3,10-11,13-14,16,18H,1,4-9,12H2,2H3. The molecule has 1 rings (SSSR count). The molecule has 100 valence electrons. The third-order valence-corrected chi connectivity index (χ3v) is 3.17. The number of aromatic nitrogens is 1. The third-order valence-electron chi connectivity index (χ3n) is 3.17. The van der Waals surface area contributed by atoms with E-state index < -0.39 is 0 Å². The second-order valence-corrected chi connectivity index (χ2v) is 4.76. The van der Waals surface area contributed by atoms with Crippen molar-refractivity contribution in [1.29, 1.82) is 0 Å². The van der Waals surface area contributed by atoms with E-state index in [0.29, 0.717) is 6.04 Å². The van der Waals surface area contributed by atoms with Crippen molar-refractivity contribution in [3.8, 4) is 0 Å². The van der Waals surface area contributed by atoms with Crippen LogP contribution >= 0.6 is 0 Å². The van der Waals surface area contributed by atoms with E-state index in [1.54, 1.807) is 0 Å². The first kappa shape index (κ1) is 14.9. The van der Waals surface area contributed by atoms with Crippen LogP contribution in [0, 0.1) is 0 Å². The van der Waals surface area contributed by atoms with Gasteiger partial charge >= 0.3 is 0 Å². The molecule has 0 aliphatic heterocycles. The summed E-state index contributed by atoms with van der Waals surface area (Å²) in [5, 5.41) is 3.65. The molecule has 1 N–H and O–H groups in total.